The molecule has 3 saturated heterocycles. The van der Waals surface area contributed by atoms with Crippen molar-refractivity contribution in [3.8, 4) is 11.4 Å². The molecule has 12 nitrogen and oxygen atoms in total. The first kappa shape index (κ1) is 27.2. The number of urea groups is 1. The second kappa shape index (κ2) is 11.8. The number of benzene rings is 1. The Morgan fingerprint density at radius 2 is 1.59 bits per heavy atom. The van der Waals surface area contributed by atoms with Gasteiger partial charge in [0.15, 0.2) is 5.82 Å². The van der Waals surface area contributed by atoms with Gasteiger partial charge in [0.1, 0.15) is 5.82 Å². The molecule has 6 rings (SSSR count). The van der Waals surface area contributed by atoms with E-state index in [1.807, 2.05) is 36.4 Å². The minimum absolute atomic E-state index is 0.183. The number of ether oxygens (including phenoxy) is 1. The van der Waals surface area contributed by atoms with Crippen LogP contribution in [-0.4, -0.2) is 95.4 Å². The van der Waals surface area contributed by atoms with Crippen molar-refractivity contribution in [2.75, 3.05) is 72.2 Å². The van der Waals surface area contributed by atoms with Crippen LogP contribution in [0.2, 0.25) is 0 Å². The Kier molecular flexibility index (Phi) is 7.84. The van der Waals surface area contributed by atoms with Gasteiger partial charge in [0.05, 0.1) is 37.2 Å². The van der Waals surface area contributed by atoms with E-state index in [2.05, 4.69) is 56.5 Å². The third kappa shape index (κ3) is 6.33. The first-order chi connectivity index (χ1) is 19.9. The van der Waals surface area contributed by atoms with Gasteiger partial charge in [-0.1, -0.05) is 0 Å². The molecule has 2 aromatic heterocycles. The van der Waals surface area contributed by atoms with Crippen molar-refractivity contribution in [1.82, 2.24) is 24.8 Å². The zero-order valence-electron chi connectivity index (χ0n) is 23.9. The van der Waals surface area contributed by atoms with Crippen LogP contribution in [0, 0.1) is 0 Å². The Bertz CT molecular complexity index is 1330. The molecule has 0 aliphatic carbocycles. The second-order valence-electron chi connectivity index (χ2n) is 11.3. The number of carbonyl (C=O) groups is 1. The number of anilines is 5. The van der Waals surface area contributed by atoms with E-state index >= 15 is 0 Å². The van der Waals surface area contributed by atoms with Gasteiger partial charge in [-0.2, -0.15) is 15.0 Å². The summed E-state index contributed by atoms with van der Waals surface area (Å²) >= 11 is 0. The normalized spacial score (nSPS) is 20.8. The summed E-state index contributed by atoms with van der Waals surface area (Å²) < 4.78 is 5.76. The van der Waals surface area contributed by atoms with Crippen LogP contribution >= 0.6 is 0 Å². The minimum atomic E-state index is -0.333. The summed E-state index contributed by atoms with van der Waals surface area (Å²) in [7, 11) is 2.13. The lowest BCUT2D eigenvalue weighted by molar-refractivity contribution is 0.0897. The number of carbonyl (C=O) groups excluding carboxylic acids is 1. The number of hydrogen-bond acceptors (Lipinski definition) is 10. The Labute approximate surface area is 240 Å². The maximum absolute atomic E-state index is 12.7. The maximum atomic E-state index is 12.7. The average Bonchev–Trinajstić information content (AvgIpc) is 3.21. The number of amides is 2. The Hall–Kier alpha value is -4.03. The largest absolute Gasteiger partial charge is 0.377 e. The van der Waals surface area contributed by atoms with Crippen molar-refractivity contribution >= 4 is 35.1 Å². The number of morpholine rings is 1. The van der Waals surface area contributed by atoms with E-state index in [0.29, 0.717) is 54.4 Å². The molecule has 1 aromatic carbocycles. The molecule has 12 heteroatoms. The summed E-state index contributed by atoms with van der Waals surface area (Å²) in [5.41, 5.74) is 2.14. The third-order valence-corrected chi connectivity index (χ3v) is 7.75. The fourth-order valence-electron chi connectivity index (χ4n) is 5.57. The molecule has 5 heterocycles. The van der Waals surface area contributed by atoms with E-state index in [-0.39, 0.29) is 12.1 Å². The Morgan fingerprint density at radius 3 is 2.24 bits per heavy atom. The lowest BCUT2D eigenvalue weighted by Gasteiger charge is -2.34. The minimum Gasteiger partial charge on any atom is -0.377 e. The van der Waals surface area contributed by atoms with Gasteiger partial charge in [0, 0.05) is 43.5 Å². The molecule has 0 saturated carbocycles. The summed E-state index contributed by atoms with van der Waals surface area (Å²) in [6, 6.07) is 11.8. The molecule has 2 atom stereocenters. The zero-order valence-corrected chi connectivity index (χ0v) is 23.9. The fourth-order valence-corrected chi connectivity index (χ4v) is 5.57. The van der Waals surface area contributed by atoms with E-state index in [1.54, 1.807) is 6.20 Å². The SMILES string of the molecule is CC(C)Nc1nc(-c2ccc(NC(=O)Nc3ccc(N4CCN(C)CC4)nc3)cc2)nc(N2C3CCC2COC3)n1. The molecule has 2 unspecified atom stereocenters. The number of piperazine rings is 1. The summed E-state index contributed by atoms with van der Waals surface area (Å²) in [6.45, 7) is 9.44. The number of rotatable bonds is 7. The Balaban J connectivity index is 1.12. The topological polar surface area (TPSA) is 124 Å². The standard InChI is InChI=1S/C29H38N10O2/c1-19(2)31-27-34-26(35-28(36-27)39-23-9-10-24(39)18-41-17-23)20-4-6-21(7-5-20)32-29(40)33-22-8-11-25(30-16-22)38-14-12-37(3)13-15-38/h4-8,11,16,19,23-24H,9-10,12-15,17-18H2,1-3H3,(H2,32,33,40)(H,31,34,35,36). The van der Waals surface area contributed by atoms with E-state index < -0.39 is 0 Å². The number of pyridine rings is 1. The number of fused-ring (bicyclic) bond motifs is 2. The van der Waals surface area contributed by atoms with Crippen molar-refractivity contribution in [1.29, 1.82) is 0 Å². The first-order valence-corrected chi connectivity index (χ1v) is 14.4. The van der Waals surface area contributed by atoms with Gasteiger partial charge in [-0.05, 0) is 70.1 Å². The molecule has 2 amide bonds. The number of aromatic nitrogens is 4. The number of nitrogens with one attached hydrogen (secondary N) is 3. The van der Waals surface area contributed by atoms with Crippen molar-refractivity contribution in [2.45, 2.75) is 44.8 Å². The molecule has 3 aromatic rings. The Morgan fingerprint density at radius 1 is 0.902 bits per heavy atom. The van der Waals surface area contributed by atoms with Crippen molar-refractivity contribution in [2.24, 2.45) is 0 Å². The molecular formula is C29H38N10O2. The van der Waals surface area contributed by atoms with Crippen LogP contribution in [0.1, 0.15) is 26.7 Å². The summed E-state index contributed by atoms with van der Waals surface area (Å²) in [4.78, 5) is 38.4. The maximum Gasteiger partial charge on any atom is 0.323 e. The predicted molar refractivity (Wildman–Crippen MR) is 161 cm³/mol. The van der Waals surface area contributed by atoms with Gasteiger partial charge >= 0.3 is 6.03 Å². The monoisotopic (exact) mass is 558 g/mol. The van der Waals surface area contributed by atoms with Gasteiger partial charge in [-0.25, -0.2) is 9.78 Å². The van der Waals surface area contributed by atoms with Crippen LogP contribution in [0.15, 0.2) is 42.6 Å². The van der Waals surface area contributed by atoms with Crippen LogP contribution in [0.25, 0.3) is 11.4 Å². The second-order valence-corrected chi connectivity index (χ2v) is 11.3. The fraction of sp³-hybridized carbons (Fsp3) is 0.483. The highest BCUT2D eigenvalue weighted by Gasteiger charge is 2.39. The number of likely N-dealkylation sites (N-methyl/N-ethyl adjacent to an activating group) is 1. The van der Waals surface area contributed by atoms with Gasteiger partial charge in [0.25, 0.3) is 0 Å². The number of nitrogens with zero attached hydrogens (tertiary/aromatic N) is 7. The number of hydrogen-bond donors (Lipinski definition) is 3. The summed E-state index contributed by atoms with van der Waals surface area (Å²) in [6.07, 6.45) is 3.85. The molecule has 3 aliphatic rings. The highest BCUT2D eigenvalue weighted by atomic mass is 16.5. The average molecular weight is 559 g/mol. The van der Waals surface area contributed by atoms with E-state index in [4.69, 9.17) is 19.7 Å². The van der Waals surface area contributed by atoms with Crippen molar-refractivity contribution < 1.29 is 9.53 Å². The highest BCUT2D eigenvalue weighted by molar-refractivity contribution is 5.99. The van der Waals surface area contributed by atoms with E-state index in [9.17, 15) is 4.79 Å². The smallest absolute Gasteiger partial charge is 0.323 e. The van der Waals surface area contributed by atoms with E-state index in [1.165, 1.54) is 0 Å². The van der Waals surface area contributed by atoms with Crippen molar-refractivity contribution in [3.63, 3.8) is 0 Å². The van der Waals surface area contributed by atoms with Crippen LogP contribution < -0.4 is 25.8 Å². The van der Waals surface area contributed by atoms with Crippen molar-refractivity contribution in [3.05, 3.63) is 42.6 Å². The van der Waals surface area contributed by atoms with Gasteiger partial charge in [-0.3, -0.25) is 0 Å². The van der Waals surface area contributed by atoms with Crippen LogP contribution in [0.3, 0.4) is 0 Å². The molecule has 0 spiro atoms. The van der Waals surface area contributed by atoms with Gasteiger partial charge < -0.3 is 35.4 Å². The third-order valence-electron chi connectivity index (χ3n) is 7.75. The quantitative estimate of drug-likeness (QED) is 0.397. The molecule has 3 N–H and O–H groups in total. The lowest BCUT2D eigenvalue weighted by atomic mass is 10.2. The molecule has 41 heavy (non-hydrogen) atoms. The molecule has 3 aliphatic heterocycles. The molecular weight excluding hydrogens is 520 g/mol. The van der Waals surface area contributed by atoms with Crippen LogP contribution in [0.5, 0.6) is 0 Å². The van der Waals surface area contributed by atoms with Gasteiger partial charge in [0.2, 0.25) is 11.9 Å². The van der Waals surface area contributed by atoms with Gasteiger partial charge in [-0.15, -0.1) is 0 Å². The molecule has 216 valence electrons. The molecule has 2 bridgehead atoms. The molecule has 3 fully saturated rings. The van der Waals surface area contributed by atoms with E-state index in [0.717, 1.165) is 50.4 Å². The summed E-state index contributed by atoms with van der Waals surface area (Å²) in [5, 5.41) is 9.09. The first-order valence-electron chi connectivity index (χ1n) is 14.4. The summed E-state index contributed by atoms with van der Waals surface area (Å²) in [5.74, 6) is 2.75. The zero-order chi connectivity index (χ0) is 28.3. The predicted octanol–water partition coefficient (Wildman–Crippen LogP) is 3.52. The molecule has 0 radical (unpaired) electrons. The lowest BCUT2D eigenvalue weighted by Crippen LogP contribution is -2.47. The highest BCUT2D eigenvalue weighted by Crippen LogP contribution is 2.33. The van der Waals surface area contributed by atoms with Crippen LogP contribution in [-0.2, 0) is 4.74 Å². The van der Waals surface area contributed by atoms with Crippen LogP contribution in [0.4, 0.5) is 33.9 Å².